The molecular formula is C13H21N3O. The fourth-order valence-corrected chi connectivity index (χ4v) is 2.84. The zero-order valence-electron chi connectivity index (χ0n) is 10.2. The molecule has 0 radical (unpaired) electrons. The van der Waals surface area contributed by atoms with E-state index in [4.69, 9.17) is 0 Å². The molecule has 2 fully saturated rings. The van der Waals surface area contributed by atoms with Gasteiger partial charge in [0.15, 0.2) is 0 Å². The maximum Gasteiger partial charge on any atom is 0.266 e. The Labute approximate surface area is 101 Å². The molecule has 0 aromatic carbocycles. The van der Waals surface area contributed by atoms with E-state index in [1.54, 1.807) is 0 Å². The van der Waals surface area contributed by atoms with Gasteiger partial charge in [0.2, 0.25) is 0 Å². The van der Waals surface area contributed by atoms with E-state index in [2.05, 4.69) is 10.4 Å². The summed E-state index contributed by atoms with van der Waals surface area (Å²) in [5.74, 6) is 1.28. The van der Waals surface area contributed by atoms with Crippen LogP contribution in [0, 0.1) is 5.92 Å². The smallest absolute Gasteiger partial charge is 0.266 e. The average molecular weight is 235 g/mol. The van der Waals surface area contributed by atoms with Crippen LogP contribution in [0.5, 0.6) is 0 Å². The van der Waals surface area contributed by atoms with E-state index < -0.39 is 0 Å². The second-order valence-corrected chi connectivity index (χ2v) is 5.48. The molecule has 1 aliphatic heterocycles. The van der Waals surface area contributed by atoms with Crippen molar-refractivity contribution in [2.75, 3.05) is 13.1 Å². The lowest BCUT2D eigenvalue weighted by Gasteiger charge is -2.24. The van der Waals surface area contributed by atoms with Gasteiger partial charge in [0, 0.05) is 24.2 Å². The largest absolute Gasteiger partial charge is 0.317 e. The van der Waals surface area contributed by atoms with Crippen molar-refractivity contribution in [1.29, 1.82) is 0 Å². The molecule has 1 aromatic heterocycles. The number of nitrogens with one attached hydrogen (secondary N) is 2. The van der Waals surface area contributed by atoms with E-state index >= 15 is 0 Å². The standard InChI is InChI=1S/C13H21N3O/c17-13-8-12(11-2-1-3-11)15-16(13)9-10-4-6-14-7-5-10/h8,10-11,14-15H,1-7,9H2. The Morgan fingerprint density at radius 2 is 2.00 bits per heavy atom. The highest BCUT2D eigenvalue weighted by Gasteiger charge is 2.22. The monoisotopic (exact) mass is 235 g/mol. The first-order valence-corrected chi connectivity index (χ1v) is 6.83. The summed E-state index contributed by atoms with van der Waals surface area (Å²) in [5.41, 5.74) is 1.32. The number of hydrogen-bond donors (Lipinski definition) is 2. The van der Waals surface area contributed by atoms with Gasteiger partial charge in [-0.15, -0.1) is 0 Å². The molecule has 4 nitrogen and oxygen atoms in total. The quantitative estimate of drug-likeness (QED) is 0.833. The Balaban J connectivity index is 1.69. The molecule has 4 heteroatoms. The van der Waals surface area contributed by atoms with Gasteiger partial charge in [-0.3, -0.25) is 14.6 Å². The molecule has 1 saturated heterocycles. The van der Waals surface area contributed by atoms with E-state index in [-0.39, 0.29) is 5.56 Å². The van der Waals surface area contributed by atoms with Crippen molar-refractivity contribution >= 4 is 0 Å². The van der Waals surface area contributed by atoms with Crippen molar-refractivity contribution in [3.8, 4) is 0 Å². The summed E-state index contributed by atoms with van der Waals surface area (Å²) >= 11 is 0. The molecule has 1 aliphatic carbocycles. The number of H-pyrrole nitrogens is 1. The van der Waals surface area contributed by atoms with Crippen molar-refractivity contribution in [2.45, 2.75) is 44.6 Å². The predicted molar refractivity (Wildman–Crippen MR) is 67.2 cm³/mol. The number of nitrogens with zero attached hydrogens (tertiary/aromatic N) is 1. The molecule has 2 N–H and O–H groups in total. The Hall–Kier alpha value is -1.03. The SMILES string of the molecule is O=c1cc(C2CCC2)[nH]n1CC1CCNCC1. The third-order valence-corrected chi connectivity index (χ3v) is 4.25. The van der Waals surface area contributed by atoms with Crippen LogP contribution in [0.3, 0.4) is 0 Å². The van der Waals surface area contributed by atoms with Gasteiger partial charge in [0.25, 0.3) is 5.56 Å². The van der Waals surface area contributed by atoms with Crippen LogP contribution in [0.4, 0.5) is 0 Å². The first-order chi connectivity index (χ1) is 8.33. The summed E-state index contributed by atoms with van der Waals surface area (Å²) in [5, 5.41) is 6.67. The minimum absolute atomic E-state index is 0.158. The van der Waals surface area contributed by atoms with Crippen molar-refractivity contribution in [1.82, 2.24) is 15.1 Å². The maximum absolute atomic E-state index is 11.9. The highest BCUT2D eigenvalue weighted by atomic mass is 16.1. The van der Waals surface area contributed by atoms with E-state index in [1.165, 1.54) is 32.1 Å². The van der Waals surface area contributed by atoms with Crippen LogP contribution in [0.2, 0.25) is 0 Å². The minimum Gasteiger partial charge on any atom is -0.317 e. The Bertz CT molecular complexity index is 424. The minimum atomic E-state index is 0.158. The van der Waals surface area contributed by atoms with E-state index in [0.29, 0.717) is 11.8 Å². The van der Waals surface area contributed by atoms with Crippen molar-refractivity contribution in [3.63, 3.8) is 0 Å². The normalized spacial score (nSPS) is 22.6. The Morgan fingerprint density at radius 1 is 1.24 bits per heavy atom. The number of hydrogen-bond acceptors (Lipinski definition) is 2. The van der Waals surface area contributed by atoms with Crippen molar-refractivity contribution in [2.24, 2.45) is 5.92 Å². The van der Waals surface area contributed by atoms with Crippen molar-refractivity contribution in [3.05, 3.63) is 22.1 Å². The molecule has 94 valence electrons. The number of aromatic amines is 1. The first-order valence-electron chi connectivity index (χ1n) is 6.83. The van der Waals surface area contributed by atoms with Crippen LogP contribution in [0.15, 0.2) is 10.9 Å². The summed E-state index contributed by atoms with van der Waals surface area (Å²) in [4.78, 5) is 11.9. The molecule has 1 saturated carbocycles. The molecule has 0 unspecified atom stereocenters. The van der Waals surface area contributed by atoms with Crippen LogP contribution < -0.4 is 10.9 Å². The highest BCUT2D eigenvalue weighted by molar-refractivity contribution is 5.09. The summed E-state index contributed by atoms with van der Waals surface area (Å²) in [6.07, 6.45) is 6.17. The molecule has 0 spiro atoms. The molecule has 0 bridgehead atoms. The van der Waals surface area contributed by atoms with E-state index in [1.807, 2.05) is 10.7 Å². The van der Waals surface area contributed by atoms with Crippen LogP contribution >= 0.6 is 0 Å². The molecule has 0 atom stereocenters. The summed E-state index contributed by atoms with van der Waals surface area (Å²) < 4.78 is 1.82. The van der Waals surface area contributed by atoms with Crippen molar-refractivity contribution < 1.29 is 0 Å². The number of aromatic nitrogens is 2. The van der Waals surface area contributed by atoms with Gasteiger partial charge >= 0.3 is 0 Å². The van der Waals surface area contributed by atoms with Crippen LogP contribution in [0.1, 0.15) is 43.7 Å². The molecule has 2 heterocycles. The van der Waals surface area contributed by atoms with E-state index in [9.17, 15) is 4.79 Å². The molecule has 17 heavy (non-hydrogen) atoms. The Kier molecular flexibility index (Phi) is 3.05. The zero-order valence-corrected chi connectivity index (χ0v) is 10.2. The van der Waals surface area contributed by atoms with Gasteiger partial charge in [-0.05, 0) is 44.7 Å². The van der Waals surface area contributed by atoms with Gasteiger partial charge in [0.05, 0.1) is 0 Å². The van der Waals surface area contributed by atoms with Crippen LogP contribution in [-0.2, 0) is 6.54 Å². The topological polar surface area (TPSA) is 49.8 Å². The first kappa shape index (κ1) is 11.1. The van der Waals surface area contributed by atoms with Gasteiger partial charge in [0.1, 0.15) is 0 Å². The summed E-state index contributed by atoms with van der Waals surface area (Å²) in [7, 11) is 0. The number of piperidine rings is 1. The second kappa shape index (κ2) is 4.69. The fraction of sp³-hybridized carbons (Fsp3) is 0.769. The van der Waals surface area contributed by atoms with Gasteiger partial charge in [-0.25, -0.2) is 0 Å². The molecule has 1 aromatic rings. The maximum atomic E-state index is 11.9. The van der Waals surface area contributed by atoms with E-state index in [0.717, 1.165) is 25.3 Å². The molecular weight excluding hydrogens is 214 g/mol. The van der Waals surface area contributed by atoms with Gasteiger partial charge < -0.3 is 5.32 Å². The molecule has 2 aliphatic rings. The highest BCUT2D eigenvalue weighted by Crippen LogP contribution is 2.34. The Morgan fingerprint density at radius 3 is 2.65 bits per heavy atom. The molecule has 3 rings (SSSR count). The lowest BCUT2D eigenvalue weighted by atomic mass is 9.83. The average Bonchev–Trinajstić information content (AvgIpc) is 2.59. The van der Waals surface area contributed by atoms with Crippen LogP contribution in [-0.4, -0.2) is 22.9 Å². The third-order valence-electron chi connectivity index (χ3n) is 4.25. The lowest BCUT2D eigenvalue weighted by molar-refractivity contribution is 0.314. The lowest BCUT2D eigenvalue weighted by Crippen LogP contribution is -2.32. The molecule has 0 amide bonds. The van der Waals surface area contributed by atoms with Gasteiger partial charge in [-0.1, -0.05) is 6.42 Å². The summed E-state index contributed by atoms with van der Waals surface area (Å²) in [6, 6.07) is 1.81. The number of rotatable bonds is 3. The fourth-order valence-electron chi connectivity index (χ4n) is 2.84. The van der Waals surface area contributed by atoms with Gasteiger partial charge in [-0.2, -0.15) is 0 Å². The van der Waals surface area contributed by atoms with Crippen LogP contribution in [0.25, 0.3) is 0 Å². The summed E-state index contributed by atoms with van der Waals surface area (Å²) in [6.45, 7) is 3.05. The zero-order chi connectivity index (χ0) is 11.7. The predicted octanol–water partition coefficient (Wildman–Crippen LogP) is 1.44. The third kappa shape index (κ3) is 2.32. The second-order valence-electron chi connectivity index (χ2n) is 5.48.